The zero-order chi connectivity index (χ0) is 17.7. The fraction of sp³-hybridized carbons (Fsp3) is 0.294. The summed E-state index contributed by atoms with van der Waals surface area (Å²) in [5.41, 5.74) is 1.28. The maximum absolute atomic E-state index is 12.3. The number of urea groups is 1. The molecule has 1 aromatic rings. The van der Waals surface area contributed by atoms with E-state index in [-0.39, 0.29) is 23.7 Å². The molecule has 1 unspecified atom stereocenters. The van der Waals surface area contributed by atoms with Gasteiger partial charge in [-0.2, -0.15) is 0 Å². The van der Waals surface area contributed by atoms with Gasteiger partial charge in [0.2, 0.25) is 0 Å². The molecule has 1 aromatic carbocycles. The summed E-state index contributed by atoms with van der Waals surface area (Å²) in [6.07, 6.45) is 1.46. The molecule has 24 heavy (non-hydrogen) atoms. The predicted octanol–water partition coefficient (Wildman–Crippen LogP) is 2.15. The molecule has 0 fully saturated rings. The number of phenols is 1. The third kappa shape index (κ3) is 3.68. The van der Waals surface area contributed by atoms with Crippen molar-refractivity contribution in [3.8, 4) is 11.5 Å². The van der Waals surface area contributed by atoms with E-state index < -0.39 is 18.0 Å². The van der Waals surface area contributed by atoms with Crippen molar-refractivity contribution in [3.63, 3.8) is 0 Å². The number of esters is 1. The molecule has 3 N–H and O–H groups in total. The standard InChI is InChI=1S/C17H20N2O5/c1-4-8-24-16(21)14-10(3)18-17(22)19-15(14)11-6-7-12(20)13(9-11)23-5-2/h4,6-7,9,15,20H,1,5,8H2,2-3H3,(H2,18,19,22). The van der Waals surface area contributed by atoms with Crippen molar-refractivity contribution in [2.75, 3.05) is 13.2 Å². The number of benzene rings is 1. The first-order valence-corrected chi connectivity index (χ1v) is 7.50. The Morgan fingerprint density at radius 2 is 2.21 bits per heavy atom. The molecule has 1 aliphatic rings. The highest BCUT2D eigenvalue weighted by Gasteiger charge is 2.32. The molecule has 7 heteroatoms. The Morgan fingerprint density at radius 3 is 2.88 bits per heavy atom. The predicted molar refractivity (Wildman–Crippen MR) is 87.5 cm³/mol. The number of carbonyl (C=O) groups excluding carboxylic acids is 2. The molecule has 2 rings (SSSR count). The molecule has 1 atom stereocenters. The van der Waals surface area contributed by atoms with Gasteiger partial charge in [-0.15, -0.1) is 0 Å². The van der Waals surface area contributed by atoms with Gasteiger partial charge in [0, 0.05) is 5.70 Å². The maximum atomic E-state index is 12.3. The fourth-order valence-electron chi connectivity index (χ4n) is 2.41. The third-order valence-electron chi connectivity index (χ3n) is 3.44. The number of phenolic OH excluding ortho intramolecular Hbond substituents is 1. The Hall–Kier alpha value is -2.96. The molecule has 1 aliphatic heterocycles. The summed E-state index contributed by atoms with van der Waals surface area (Å²) in [6, 6.07) is 3.52. The van der Waals surface area contributed by atoms with E-state index in [1.165, 1.54) is 12.1 Å². The van der Waals surface area contributed by atoms with E-state index in [1.54, 1.807) is 26.0 Å². The number of nitrogens with one attached hydrogen (secondary N) is 2. The summed E-state index contributed by atoms with van der Waals surface area (Å²) in [7, 11) is 0. The molecule has 0 saturated carbocycles. The second kappa shape index (κ2) is 7.54. The van der Waals surface area contributed by atoms with E-state index in [2.05, 4.69) is 17.2 Å². The van der Waals surface area contributed by atoms with Crippen molar-refractivity contribution in [2.24, 2.45) is 0 Å². The molecule has 2 amide bonds. The summed E-state index contributed by atoms with van der Waals surface area (Å²) in [5.74, 6) is -0.299. The van der Waals surface area contributed by atoms with Gasteiger partial charge in [-0.25, -0.2) is 9.59 Å². The van der Waals surface area contributed by atoms with Crippen LogP contribution in [0, 0.1) is 0 Å². The van der Waals surface area contributed by atoms with Gasteiger partial charge in [0.05, 0.1) is 18.2 Å². The van der Waals surface area contributed by atoms with Crippen LogP contribution in [0.25, 0.3) is 0 Å². The average molecular weight is 332 g/mol. The maximum Gasteiger partial charge on any atom is 0.338 e. The minimum Gasteiger partial charge on any atom is -0.504 e. The zero-order valence-corrected chi connectivity index (χ0v) is 13.6. The van der Waals surface area contributed by atoms with E-state index in [0.29, 0.717) is 17.9 Å². The molecule has 0 radical (unpaired) electrons. The van der Waals surface area contributed by atoms with Crippen molar-refractivity contribution in [3.05, 3.63) is 47.7 Å². The number of allylic oxidation sites excluding steroid dienone is 1. The molecule has 7 nitrogen and oxygen atoms in total. The topological polar surface area (TPSA) is 96.9 Å². The van der Waals surface area contributed by atoms with Crippen LogP contribution < -0.4 is 15.4 Å². The highest BCUT2D eigenvalue weighted by molar-refractivity contribution is 5.95. The van der Waals surface area contributed by atoms with Crippen molar-refractivity contribution in [2.45, 2.75) is 19.9 Å². The lowest BCUT2D eigenvalue weighted by Gasteiger charge is -2.28. The van der Waals surface area contributed by atoms with E-state index in [4.69, 9.17) is 9.47 Å². The summed E-state index contributed by atoms with van der Waals surface area (Å²) >= 11 is 0. The van der Waals surface area contributed by atoms with Crippen LogP contribution in [0.1, 0.15) is 25.5 Å². The van der Waals surface area contributed by atoms with Crippen molar-refractivity contribution < 1.29 is 24.2 Å². The largest absolute Gasteiger partial charge is 0.504 e. The lowest BCUT2D eigenvalue weighted by Crippen LogP contribution is -2.45. The van der Waals surface area contributed by atoms with Crippen LogP contribution in [-0.2, 0) is 9.53 Å². The van der Waals surface area contributed by atoms with Gasteiger partial charge in [-0.3, -0.25) is 0 Å². The Morgan fingerprint density at radius 1 is 1.46 bits per heavy atom. The van der Waals surface area contributed by atoms with E-state index in [9.17, 15) is 14.7 Å². The molecule has 0 aromatic heterocycles. The summed E-state index contributed by atoms with van der Waals surface area (Å²) in [6.45, 7) is 7.36. The van der Waals surface area contributed by atoms with E-state index in [0.717, 1.165) is 0 Å². The Labute approximate surface area is 140 Å². The highest BCUT2D eigenvalue weighted by Crippen LogP contribution is 2.33. The first kappa shape index (κ1) is 17.4. The van der Waals surface area contributed by atoms with Gasteiger partial charge in [0.15, 0.2) is 11.5 Å². The van der Waals surface area contributed by atoms with E-state index >= 15 is 0 Å². The van der Waals surface area contributed by atoms with Gasteiger partial charge >= 0.3 is 12.0 Å². The van der Waals surface area contributed by atoms with Crippen LogP contribution >= 0.6 is 0 Å². The van der Waals surface area contributed by atoms with Crippen molar-refractivity contribution >= 4 is 12.0 Å². The Balaban J connectivity index is 2.43. The quantitative estimate of drug-likeness (QED) is 0.548. The van der Waals surface area contributed by atoms with Gasteiger partial charge in [-0.05, 0) is 31.5 Å². The molecular weight excluding hydrogens is 312 g/mol. The zero-order valence-electron chi connectivity index (χ0n) is 13.6. The van der Waals surface area contributed by atoms with Gasteiger partial charge in [0.25, 0.3) is 0 Å². The molecule has 0 spiro atoms. The normalized spacial score (nSPS) is 16.9. The lowest BCUT2D eigenvalue weighted by molar-refractivity contribution is -0.138. The fourth-order valence-corrected chi connectivity index (χ4v) is 2.41. The second-order valence-electron chi connectivity index (χ2n) is 5.12. The molecule has 0 aliphatic carbocycles. The Bertz CT molecular complexity index is 696. The minimum atomic E-state index is -0.712. The first-order chi connectivity index (χ1) is 11.5. The van der Waals surface area contributed by atoms with Crippen LogP contribution in [0.2, 0.25) is 0 Å². The average Bonchev–Trinajstić information content (AvgIpc) is 2.54. The molecule has 128 valence electrons. The van der Waals surface area contributed by atoms with Crippen LogP contribution in [0.15, 0.2) is 42.1 Å². The summed E-state index contributed by atoms with van der Waals surface area (Å²) in [4.78, 5) is 24.1. The van der Waals surface area contributed by atoms with Crippen LogP contribution in [-0.4, -0.2) is 30.3 Å². The molecular formula is C17H20N2O5. The Kier molecular flexibility index (Phi) is 5.47. The molecule has 0 bridgehead atoms. The number of ether oxygens (including phenoxy) is 2. The van der Waals surface area contributed by atoms with Crippen LogP contribution in [0.4, 0.5) is 4.79 Å². The number of carbonyl (C=O) groups is 2. The van der Waals surface area contributed by atoms with Gasteiger partial charge < -0.3 is 25.2 Å². The summed E-state index contributed by atoms with van der Waals surface area (Å²) < 4.78 is 10.5. The minimum absolute atomic E-state index is 0.0163. The number of hydrogen-bond acceptors (Lipinski definition) is 5. The lowest BCUT2D eigenvalue weighted by atomic mass is 9.95. The van der Waals surface area contributed by atoms with Crippen molar-refractivity contribution in [1.82, 2.24) is 10.6 Å². The smallest absolute Gasteiger partial charge is 0.338 e. The number of hydrogen-bond donors (Lipinski definition) is 3. The van der Waals surface area contributed by atoms with Crippen LogP contribution in [0.3, 0.4) is 0 Å². The summed E-state index contributed by atoms with van der Waals surface area (Å²) in [5, 5.41) is 15.1. The first-order valence-electron chi connectivity index (χ1n) is 7.50. The number of amides is 2. The monoisotopic (exact) mass is 332 g/mol. The van der Waals surface area contributed by atoms with Crippen molar-refractivity contribution in [1.29, 1.82) is 0 Å². The van der Waals surface area contributed by atoms with Gasteiger partial charge in [-0.1, -0.05) is 18.7 Å². The number of rotatable bonds is 6. The van der Waals surface area contributed by atoms with Gasteiger partial charge in [0.1, 0.15) is 6.61 Å². The SMILES string of the molecule is C=CCOC(=O)C1=C(C)NC(=O)NC1c1ccc(O)c(OCC)c1. The highest BCUT2D eigenvalue weighted by atomic mass is 16.5. The molecule has 1 heterocycles. The number of aromatic hydroxyl groups is 1. The second-order valence-corrected chi connectivity index (χ2v) is 5.12. The third-order valence-corrected chi connectivity index (χ3v) is 3.44. The van der Waals surface area contributed by atoms with E-state index in [1.807, 2.05) is 0 Å². The molecule has 0 saturated heterocycles. The van der Waals surface area contributed by atoms with Crippen LogP contribution in [0.5, 0.6) is 11.5 Å².